The van der Waals surface area contributed by atoms with Gasteiger partial charge in [0.1, 0.15) is 5.82 Å². The fourth-order valence-electron chi connectivity index (χ4n) is 2.01. The average molecular weight is 332 g/mol. The van der Waals surface area contributed by atoms with Gasteiger partial charge in [-0.1, -0.05) is 18.5 Å². The molecule has 0 aliphatic carbocycles. The average Bonchev–Trinajstić information content (AvgIpc) is 2.68. The molecule has 1 aromatic heterocycles. The molecule has 0 saturated carbocycles. The first kappa shape index (κ1) is 15.8. The third-order valence-corrected chi connectivity index (χ3v) is 5.25. The standard InChI is InChI=1S/C13H15ClFN3O2S/c1-3-10-13(14)11(18(2)17-10)7-21(19,20)12-6-8(15)4-5-9(12)16/h4-6H,3,7,16H2,1-2H3. The number of sulfone groups is 1. The predicted octanol–water partition coefficient (Wildman–Crippen LogP) is 2.33. The van der Waals surface area contributed by atoms with E-state index >= 15 is 0 Å². The molecule has 0 atom stereocenters. The number of anilines is 1. The summed E-state index contributed by atoms with van der Waals surface area (Å²) >= 11 is 6.14. The zero-order valence-electron chi connectivity index (χ0n) is 11.6. The lowest BCUT2D eigenvalue weighted by molar-refractivity contribution is 0.587. The number of nitrogens with zero attached hydrogens (tertiary/aromatic N) is 2. The summed E-state index contributed by atoms with van der Waals surface area (Å²) in [6.07, 6.45) is 0.592. The molecule has 0 saturated heterocycles. The smallest absolute Gasteiger partial charge is 0.186 e. The van der Waals surface area contributed by atoms with Gasteiger partial charge < -0.3 is 5.73 Å². The Balaban J connectivity index is 2.47. The Labute approximate surface area is 127 Å². The SMILES string of the molecule is CCc1nn(C)c(CS(=O)(=O)c2cc(F)ccc2N)c1Cl. The summed E-state index contributed by atoms with van der Waals surface area (Å²) in [7, 11) is -2.20. The summed E-state index contributed by atoms with van der Waals surface area (Å²) in [5, 5.41) is 4.48. The highest BCUT2D eigenvalue weighted by atomic mass is 35.5. The molecule has 2 rings (SSSR count). The van der Waals surface area contributed by atoms with E-state index in [1.165, 1.54) is 10.7 Å². The number of aryl methyl sites for hydroxylation is 2. The number of rotatable bonds is 4. The van der Waals surface area contributed by atoms with E-state index in [9.17, 15) is 12.8 Å². The molecular weight excluding hydrogens is 317 g/mol. The van der Waals surface area contributed by atoms with Crippen molar-refractivity contribution in [2.24, 2.45) is 7.05 Å². The molecule has 1 aromatic carbocycles. The predicted molar refractivity (Wildman–Crippen MR) is 79.3 cm³/mol. The number of aromatic nitrogens is 2. The number of benzene rings is 1. The molecule has 1 heterocycles. The van der Waals surface area contributed by atoms with Crippen LogP contribution in [0, 0.1) is 5.82 Å². The lowest BCUT2D eigenvalue weighted by Gasteiger charge is -2.08. The molecule has 0 fully saturated rings. The minimum absolute atomic E-state index is 0.00501. The first-order chi connectivity index (χ1) is 9.76. The quantitative estimate of drug-likeness (QED) is 0.872. The molecule has 0 bridgehead atoms. The van der Waals surface area contributed by atoms with Gasteiger partial charge in [0.15, 0.2) is 9.84 Å². The van der Waals surface area contributed by atoms with Crippen molar-refractivity contribution in [1.29, 1.82) is 0 Å². The number of halogens is 2. The second kappa shape index (κ2) is 5.65. The maximum absolute atomic E-state index is 13.3. The van der Waals surface area contributed by atoms with Crippen LogP contribution in [0.1, 0.15) is 18.3 Å². The first-order valence-electron chi connectivity index (χ1n) is 6.24. The maximum atomic E-state index is 13.3. The fourth-order valence-corrected chi connectivity index (χ4v) is 4.02. The van der Waals surface area contributed by atoms with Gasteiger partial charge in [0.05, 0.1) is 32.7 Å². The summed E-state index contributed by atoms with van der Waals surface area (Å²) in [6.45, 7) is 1.87. The van der Waals surface area contributed by atoms with Crippen LogP contribution in [0.2, 0.25) is 5.02 Å². The Morgan fingerprint density at radius 1 is 1.43 bits per heavy atom. The Bertz CT molecular complexity index is 787. The molecule has 21 heavy (non-hydrogen) atoms. The largest absolute Gasteiger partial charge is 0.398 e. The number of hydrogen-bond acceptors (Lipinski definition) is 4. The second-order valence-electron chi connectivity index (χ2n) is 4.63. The van der Waals surface area contributed by atoms with Crippen LogP contribution in [-0.4, -0.2) is 18.2 Å². The van der Waals surface area contributed by atoms with E-state index in [0.29, 0.717) is 22.8 Å². The van der Waals surface area contributed by atoms with Gasteiger partial charge in [-0.25, -0.2) is 12.8 Å². The van der Waals surface area contributed by atoms with E-state index in [1.807, 2.05) is 6.92 Å². The Morgan fingerprint density at radius 2 is 2.10 bits per heavy atom. The Hall–Kier alpha value is -1.60. The van der Waals surface area contributed by atoms with Crippen LogP contribution in [0.25, 0.3) is 0 Å². The minimum atomic E-state index is -3.82. The van der Waals surface area contributed by atoms with Gasteiger partial charge in [-0.15, -0.1) is 0 Å². The van der Waals surface area contributed by atoms with Crippen molar-refractivity contribution in [2.75, 3.05) is 5.73 Å². The second-order valence-corrected chi connectivity index (χ2v) is 6.96. The van der Waals surface area contributed by atoms with Crippen molar-refractivity contribution >= 4 is 27.1 Å². The molecule has 0 amide bonds. The highest BCUT2D eigenvalue weighted by molar-refractivity contribution is 7.90. The third kappa shape index (κ3) is 3.03. The lowest BCUT2D eigenvalue weighted by Crippen LogP contribution is -2.11. The molecule has 114 valence electrons. The zero-order chi connectivity index (χ0) is 15.8. The van der Waals surface area contributed by atoms with E-state index in [2.05, 4.69) is 5.10 Å². The van der Waals surface area contributed by atoms with Crippen LogP contribution < -0.4 is 5.73 Å². The van der Waals surface area contributed by atoms with Gasteiger partial charge in [-0.2, -0.15) is 5.10 Å². The van der Waals surface area contributed by atoms with Gasteiger partial charge in [-0.05, 0) is 24.6 Å². The molecule has 5 nitrogen and oxygen atoms in total. The summed E-state index contributed by atoms with van der Waals surface area (Å²) in [6, 6.07) is 3.25. The molecule has 2 N–H and O–H groups in total. The fraction of sp³-hybridized carbons (Fsp3) is 0.308. The van der Waals surface area contributed by atoms with Gasteiger partial charge in [-0.3, -0.25) is 4.68 Å². The van der Waals surface area contributed by atoms with Crippen molar-refractivity contribution in [3.8, 4) is 0 Å². The van der Waals surface area contributed by atoms with Crippen molar-refractivity contribution < 1.29 is 12.8 Å². The summed E-state index contributed by atoms with van der Waals surface area (Å²) in [4.78, 5) is -0.238. The first-order valence-corrected chi connectivity index (χ1v) is 8.27. The minimum Gasteiger partial charge on any atom is -0.398 e. The zero-order valence-corrected chi connectivity index (χ0v) is 13.2. The summed E-state index contributed by atoms with van der Waals surface area (Å²) in [5.41, 5.74) is 6.62. The maximum Gasteiger partial charge on any atom is 0.186 e. The molecule has 0 radical (unpaired) electrons. The molecule has 0 aliphatic rings. The van der Waals surface area contributed by atoms with Crippen LogP contribution in [0.5, 0.6) is 0 Å². The molecule has 0 aliphatic heterocycles. The molecular formula is C13H15ClFN3O2S. The lowest BCUT2D eigenvalue weighted by atomic mass is 10.3. The van der Waals surface area contributed by atoms with Crippen LogP contribution >= 0.6 is 11.6 Å². The van der Waals surface area contributed by atoms with E-state index in [-0.39, 0.29) is 16.3 Å². The van der Waals surface area contributed by atoms with Crippen LogP contribution in [-0.2, 0) is 29.1 Å². The van der Waals surface area contributed by atoms with Gasteiger partial charge in [0.25, 0.3) is 0 Å². The van der Waals surface area contributed by atoms with Crippen molar-refractivity contribution in [3.05, 3.63) is 40.4 Å². The van der Waals surface area contributed by atoms with E-state index in [0.717, 1.165) is 12.1 Å². The highest BCUT2D eigenvalue weighted by Crippen LogP contribution is 2.28. The van der Waals surface area contributed by atoms with Crippen LogP contribution in [0.15, 0.2) is 23.1 Å². The van der Waals surface area contributed by atoms with Gasteiger partial charge in [0, 0.05) is 7.05 Å². The number of hydrogen-bond donors (Lipinski definition) is 1. The number of nitrogens with two attached hydrogens (primary N) is 1. The molecule has 8 heteroatoms. The molecule has 0 unspecified atom stereocenters. The third-order valence-electron chi connectivity index (χ3n) is 3.14. The van der Waals surface area contributed by atoms with E-state index in [4.69, 9.17) is 17.3 Å². The van der Waals surface area contributed by atoms with Crippen LogP contribution in [0.3, 0.4) is 0 Å². The van der Waals surface area contributed by atoms with Crippen molar-refractivity contribution in [1.82, 2.24) is 9.78 Å². The van der Waals surface area contributed by atoms with Crippen molar-refractivity contribution in [3.63, 3.8) is 0 Å². The van der Waals surface area contributed by atoms with Crippen molar-refractivity contribution in [2.45, 2.75) is 24.0 Å². The van der Waals surface area contributed by atoms with Crippen LogP contribution in [0.4, 0.5) is 10.1 Å². The van der Waals surface area contributed by atoms with Gasteiger partial charge >= 0.3 is 0 Å². The van der Waals surface area contributed by atoms with E-state index in [1.54, 1.807) is 7.05 Å². The highest BCUT2D eigenvalue weighted by Gasteiger charge is 2.24. The number of nitrogen functional groups attached to an aromatic ring is 1. The summed E-state index contributed by atoms with van der Waals surface area (Å²) in [5.74, 6) is -1.05. The molecule has 2 aromatic rings. The Kier molecular flexibility index (Phi) is 4.25. The summed E-state index contributed by atoms with van der Waals surface area (Å²) < 4.78 is 39.6. The van der Waals surface area contributed by atoms with Gasteiger partial charge in [0.2, 0.25) is 0 Å². The molecule has 0 spiro atoms. The monoisotopic (exact) mass is 331 g/mol. The normalized spacial score (nSPS) is 11.8. The topological polar surface area (TPSA) is 78.0 Å². The van der Waals surface area contributed by atoms with E-state index < -0.39 is 15.7 Å². The Morgan fingerprint density at radius 3 is 2.67 bits per heavy atom.